The van der Waals surface area contributed by atoms with Gasteiger partial charge in [-0.2, -0.15) is 11.8 Å². The molecule has 1 aliphatic heterocycles. The maximum atomic E-state index is 5.47. The van der Waals surface area contributed by atoms with Crippen molar-refractivity contribution in [3.8, 4) is 0 Å². The number of halogens is 1. The van der Waals surface area contributed by atoms with E-state index >= 15 is 0 Å². The summed E-state index contributed by atoms with van der Waals surface area (Å²) in [6.07, 6.45) is 4.39. The summed E-state index contributed by atoms with van der Waals surface area (Å²) in [5.74, 6) is 0.873. The third kappa shape index (κ3) is 5.96. The molecule has 0 saturated carbocycles. The van der Waals surface area contributed by atoms with Crippen LogP contribution in [0.2, 0.25) is 0 Å². The molecule has 0 radical (unpaired) electrons. The van der Waals surface area contributed by atoms with E-state index in [0.717, 1.165) is 45.1 Å². The van der Waals surface area contributed by atoms with Gasteiger partial charge in [0.2, 0.25) is 0 Å². The Hall–Kier alpha value is 0.01000. The molecule has 1 aromatic heterocycles. The number of hydrogen-bond donors (Lipinski definition) is 2. The number of ether oxygens (including phenoxy) is 1. The summed E-state index contributed by atoms with van der Waals surface area (Å²) in [7, 11) is 1.82. The second-order valence-corrected chi connectivity index (χ2v) is 7.16. The molecule has 1 saturated heterocycles. The zero-order valence-corrected chi connectivity index (χ0v) is 16.5. The quantitative estimate of drug-likeness (QED) is 0.419. The Bertz CT molecular complexity index is 420. The minimum Gasteiger partial charge on any atom is -0.381 e. The monoisotopic (exact) mass is 441 g/mol. The molecule has 2 rings (SSSR count). The van der Waals surface area contributed by atoms with Gasteiger partial charge in [0.15, 0.2) is 5.96 Å². The first-order chi connectivity index (χ1) is 9.78. The molecule has 0 aromatic carbocycles. The molecule has 0 aliphatic carbocycles. The molecule has 0 spiro atoms. The standard InChI is InChI=1S/C14H23N3OS2.HI/c1-15-13(16-10-12-4-3-9-20-12)17-11-14(19-2)5-7-18-8-6-14;/h3-4,9H,5-8,10-11H2,1-2H3,(H2,15,16,17);1H. The van der Waals surface area contributed by atoms with Gasteiger partial charge >= 0.3 is 0 Å². The lowest BCUT2D eigenvalue weighted by Gasteiger charge is -2.36. The lowest BCUT2D eigenvalue weighted by molar-refractivity contribution is 0.0783. The van der Waals surface area contributed by atoms with Crippen molar-refractivity contribution in [2.45, 2.75) is 24.1 Å². The molecule has 21 heavy (non-hydrogen) atoms. The number of nitrogens with one attached hydrogen (secondary N) is 2. The van der Waals surface area contributed by atoms with Gasteiger partial charge in [-0.1, -0.05) is 6.07 Å². The number of thiophene rings is 1. The number of guanidine groups is 1. The van der Waals surface area contributed by atoms with Crippen molar-refractivity contribution in [1.29, 1.82) is 0 Å². The van der Waals surface area contributed by atoms with E-state index in [2.05, 4.69) is 39.4 Å². The van der Waals surface area contributed by atoms with Crippen molar-refractivity contribution >= 4 is 53.0 Å². The van der Waals surface area contributed by atoms with E-state index in [1.54, 1.807) is 11.3 Å². The van der Waals surface area contributed by atoms with Gasteiger partial charge in [-0.3, -0.25) is 4.99 Å². The Kier molecular flexibility index (Phi) is 9.00. The highest BCUT2D eigenvalue weighted by atomic mass is 127. The third-order valence-electron chi connectivity index (χ3n) is 3.65. The van der Waals surface area contributed by atoms with Crippen molar-refractivity contribution < 1.29 is 4.74 Å². The van der Waals surface area contributed by atoms with Crippen LogP contribution in [0.25, 0.3) is 0 Å². The molecule has 7 heteroatoms. The smallest absolute Gasteiger partial charge is 0.191 e. The number of thioether (sulfide) groups is 1. The zero-order chi connectivity index (χ0) is 14.3. The average molecular weight is 441 g/mol. The van der Waals surface area contributed by atoms with Gasteiger partial charge in [0.1, 0.15) is 0 Å². The molecule has 0 unspecified atom stereocenters. The van der Waals surface area contributed by atoms with Crippen LogP contribution in [0.3, 0.4) is 0 Å². The van der Waals surface area contributed by atoms with Crippen LogP contribution in [-0.2, 0) is 11.3 Å². The van der Waals surface area contributed by atoms with Crippen LogP contribution in [0.1, 0.15) is 17.7 Å². The Morgan fingerprint density at radius 2 is 2.19 bits per heavy atom. The molecule has 2 N–H and O–H groups in total. The van der Waals surface area contributed by atoms with Crippen molar-refractivity contribution in [2.75, 3.05) is 33.1 Å². The van der Waals surface area contributed by atoms with E-state index in [0.29, 0.717) is 0 Å². The normalized spacial score (nSPS) is 17.9. The Morgan fingerprint density at radius 3 is 2.76 bits per heavy atom. The van der Waals surface area contributed by atoms with E-state index in [1.807, 2.05) is 18.8 Å². The summed E-state index contributed by atoms with van der Waals surface area (Å²) in [6.45, 7) is 3.49. The van der Waals surface area contributed by atoms with Gasteiger partial charge in [-0.25, -0.2) is 0 Å². The average Bonchev–Trinajstić information content (AvgIpc) is 3.02. The van der Waals surface area contributed by atoms with Gasteiger partial charge in [-0.05, 0) is 30.5 Å². The van der Waals surface area contributed by atoms with Crippen molar-refractivity contribution in [1.82, 2.24) is 10.6 Å². The fourth-order valence-electron chi connectivity index (χ4n) is 2.25. The van der Waals surface area contributed by atoms with Gasteiger partial charge in [0.25, 0.3) is 0 Å². The van der Waals surface area contributed by atoms with Gasteiger partial charge in [0.05, 0.1) is 6.54 Å². The fraction of sp³-hybridized carbons (Fsp3) is 0.643. The highest BCUT2D eigenvalue weighted by Crippen LogP contribution is 2.32. The van der Waals surface area contributed by atoms with Crippen molar-refractivity contribution in [2.24, 2.45) is 4.99 Å². The maximum absolute atomic E-state index is 5.47. The third-order valence-corrected chi connectivity index (χ3v) is 5.94. The predicted molar refractivity (Wildman–Crippen MR) is 104 cm³/mol. The minimum atomic E-state index is 0. The predicted octanol–water partition coefficient (Wildman–Crippen LogP) is 2.94. The summed E-state index contributed by atoms with van der Waals surface area (Å²) in [5, 5.41) is 8.92. The van der Waals surface area contributed by atoms with Crippen molar-refractivity contribution in [3.63, 3.8) is 0 Å². The summed E-state index contributed by atoms with van der Waals surface area (Å²) in [4.78, 5) is 5.61. The van der Waals surface area contributed by atoms with Crippen LogP contribution in [0.4, 0.5) is 0 Å². The molecule has 2 heterocycles. The molecular weight excluding hydrogens is 417 g/mol. The lowest BCUT2D eigenvalue weighted by atomic mass is 9.99. The first-order valence-electron chi connectivity index (χ1n) is 6.88. The molecular formula is C14H24IN3OS2. The number of aliphatic imine (C=N–C) groups is 1. The van der Waals surface area contributed by atoms with Crippen LogP contribution >= 0.6 is 47.1 Å². The largest absolute Gasteiger partial charge is 0.381 e. The maximum Gasteiger partial charge on any atom is 0.191 e. The second-order valence-electron chi connectivity index (χ2n) is 4.86. The number of rotatable bonds is 5. The van der Waals surface area contributed by atoms with Crippen LogP contribution in [0.15, 0.2) is 22.5 Å². The molecule has 1 aliphatic rings. The number of hydrogen-bond acceptors (Lipinski definition) is 4. The molecule has 0 amide bonds. The van der Waals surface area contributed by atoms with Crippen LogP contribution in [0.5, 0.6) is 0 Å². The van der Waals surface area contributed by atoms with Gasteiger partial charge < -0.3 is 15.4 Å². The Morgan fingerprint density at radius 1 is 1.43 bits per heavy atom. The van der Waals surface area contributed by atoms with Crippen LogP contribution in [-0.4, -0.2) is 43.8 Å². The first-order valence-corrected chi connectivity index (χ1v) is 8.98. The Balaban J connectivity index is 0.00000220. The SMILES string of the molecule is CN=C(NCc1cccs1)NCC1(SC)CCOCC1.I. The highest BCUT2D eigenvalue weighted by Gasteiger charge is 2.31. The summed E-state index contributed by atoms with van der Waals surface area (Å²) < 4.78 is 5.75. The topological polar surface area (TPSA) is 45.7 Å². The molecule has 1 aromatic rings. The second kappa shape index (κ2) is 9.91. The number of nitrogens with zero attached hydrogens (tertiary/aromatic N) is 1. The van der Waals surface area contributed by atoms with E-state index in [-0.39, 0.29) is 28.7 Å². The molecule has 0 bridgehead atoms. The summed E-state index contributed by atoms with van der Waals surface area (Å²) >= 11 is 3.70. The van der Waals surface area contributed by atoms with E-state index in [4.69, 9.17) is 4.74 Å². The summed E-state index contributed by atoms with van der Waals surface area (Å²) in [6, 6.07) is 4.20. The van der Waals surface area contributed by atoms with Crippen LogP contribution < -0.4 is 10.6 Å². The van der Waals surface area contributed by atoms with Crippen molar-refractivity contribution in [3.05, 3.63) is 22.4 Å². The molecule has 1 fully saturated rings. The molecule has 120 valence electrons. The zero-order valence-electron chi connectivity index (χ0n) is 12.6. The first kappa shape index (κ1) is 19.1. The van der Waals surface area contributed by atoms with E-state index < -0.39 is 0 Å². The minimum absolute atomic E-state index is 0. The van der Waals surface area contributed by atoms with Crippen LogP contribution in [0, 0.1) is 0 Å². The fourth-order valence-corrected chi connectivity index (χ4v) is 3.68. The molecule has 0 atom stereocenters. The summed E-state index contributed by atoms with van der Waals surface area (Å²) in [5.41, 5.74) is 0. The highest BCUT2D eigenvalue weighted by molar-refractivity contribution is 14.0. The Labute approximate surface area is 152 Å². The molecule has 4 nitrogen and oxygen atoms in total. The van der Waals surface area contributed by atoms with Gasteiger partial charge in [0, 0.05) is 36.4 Å². The van der Waals surface area contributed by atoms with Gasteiger partial charge in [-0.15, -0.1) is 35.3 Å². The lowest BCUT2D eigenvalue weighted by Crippen LogP contribution is -2.47. The van der Waals surface area contributed by atoms with E-state index in [1.165, 1.54) is 4.88 Å². The van der Waals surface area contributed by atoms with E-state index in [9.17, 15) is 0 Å².